The van der Waals surface area contributed by atoms with E-state index in [0.29, 0.717) is 11.3 Å². The number of rotatable bonds is 5. The SMILES string of the molecule is CC(=O)c1ccc(S(=O)(=O)Nc2cccc(-c3cn4cccc(C)c4n3)c2)cc1. The number of hydrogen-bond acceptors (Lipinski definition) is 4. The summed E-state index contributed by atoms with van der Waals surface area (Å²) >= 11 is 0. The third kappa shape index (κ3) is 3.77. The van der Waals surface area contributed by atoms with Crippen molar-refractivity contribution in [3.05, 3.63) is 84.2 Å². The minimum atomic E-state index is -3.77. The predicted octanol–water partition coefficient (Wildman–Crippen LogP) is 4.31. The van der Waals surface area contributed by atoms with Gasteiger partial charge in [0.2, 0.25) is 0 Å². The number of imidazole rings is 1. The van der Waals surface area contributed by atoms with Crippen LogP contribution in [0, 0.1) is 6.92 Å². The number of Topliss-reactive ketones (excluding diaryl/α,β-unsaturated/α-hetero) is 1. The molecule has 4 aromatic rings. The average Bonchev–Trinajstić information content (AvgIpc) is 3.14. The van der Waals surface area contributed by atoms with Crippen molar-refractivity contribution < 1.29 is 13.2 Å². The van der Waals surface area contributed by atoms with Gasteiger partial charge in [-0.2, -0.15) is 0 Å². The van der Waals surface area contributed by atoms with Crippen LogP contribution >= 0.6 is 0 Å². The molecule has 6 nitrogen and oxygen atoms in total. The number of carbonyl (C=O) groups is 1. The Morgan fingerprint density at radius 2 is 1.79 bits per heavy atom. The van der Waals surface area contributed by atoms with E-state index in [4.69, 9.17) is 0 Å². The molecular formula is C22H19N3O3S. The van der Waals surface area contributed by atoms with Gasteiger partial charge >= 0.3 is 0 Å². The van der Waals surface area contributed by atoms with Crippen molar-refractivity contribution in [1.82, 2.24) is 9.38 Å². The zero-order valence-electron chi connectivity index (χ0n) is 16.0. The maximum absolute atomic E-state index is 12.7. The lowest BCUT2D eigenvalue weighted by atomic mass is 10.1. The largest absolute Gasteiger partial charge is 0.306 e. The average molecular weight is 405 g/mol. The molecule has 7 heteroatoms. The van der Waals surface area contributed by atoms with Gasteiger partial charge in [0, 0.05) is 29.2 Å². The van der Waals surface area contributed by atoms with Gasteiger partial charge in [0.1, 0.15) is 5.65 Å². The maximum atomic E-state index is 12.7. The van der Waals surface area contributed by atoms with Crippen LogP contribution in [0.3, 0.4) is 0 Å². The standard InChI is InChI=1S/C22H19N3O3S/c1-15-5-4-12-25-14-21(23-22(15)25)18-6-3-7-19(13-18)24-29(27,28)20-10-8-17(9-11-20)16(2)26/h3-14,24H,1-2H3. The molecule has 0 saturated heterocycles. The van der Waals surface area contributed by atoms with Gasteiger partial charge in [0.05, 0.1) is 10.6 Å². The van der Waals surface area contributed by atoms with E-state index in [0.717, 1.165) is 22.5 Å². The fourth-order valence-electron chi connectivity index (χ4n) is 3.12. The molecule has 0 aliphatic rings. The third-order valence-electron chi connectivity index (χ3n) is 4.66. The molecule has 0 unspecified atom stereocenters. The summed E-state index contributed by atoms with van der Waals surface area (Å²) in [5.41, 5.74) is 4.38. The predicted molar refractivity (Wildman–Crippen MR) is 113 cm³/mol. The highest BCUT2D eigenvalue weighted by molar-refractivity contribution is 7.92. The quantitative estimate of drug-likeness (QED) is 0.502. The second-order valence-electron chi connectivity index (χ2n) is 6.82. The lowest BCUT2D eigenvalue weighted by Crippen LogP contribution is -2.13. The van der Waals surface area contributed by atoms with Gasteiger partial charge in [-0.25, -0.2) is 13.4 Å². The van der Waals surface area contributed by atoms with E-state index < -0.39 is 10.0 Å². The Morgan fingerprint density at radius 1 is 1.03 bits per heavy atom. The fourth-order valence-corrected chi connectivity index (χ4v) is 4.17. The Bertz CT molecular complexity index is 1320. The number of aryl methyl sites for hydroxylation is 1. The molecule has 0 radical (unpaired) electrons. The van der Waals surface area contributed by atoms with Gasteiger partial charge in [0.15, 0.2) is 5.78 Å². The molecule has 2 aromatic carbocycles. The smallest absolute Gasteiger partial charge is 0.261 e. The topological polar surface area (TPSA) is 80.5 Å². The highest BCUT2D eigenvalue weighted by Gasteiger charge is 2.15. The van der Waals surface area contributed by atoms with Crippen LogP contribution in [0.5, 0.6) is 0 Å². The zero-order valence-corrected chi connectivity index (χ0v) is 16.8. The number of carbonyl (C=O) groups excluding carboxylic acids is 1. The van der Waals surface area contributed by atoms with Crippen LogP contribution in [0.15, 0.2) is 78.0 Å². The van der Waals surface area contributed by atoms with Gasteiger partial charge in [-0.05, 0) is 49.7 Å². The zero-order chi connectivity index (χ0) is 20.6. The van der Waals surface area contributed by atoms with E-state index in [2.05, 4.69) is 9.71 Å². The second kappa shape index (κ2) is 7.18. The number of anilines is 1. The molecular weight excluding hydrogens is 386 g/mol. The molecule has 4 rings (SSSR count). The van der Waals surface area contributed by atoms with E-state index in [1.165, 1.54) is 31.2 Å². The van der Waals surface area contributed by atoms with Crippen molar-refractivity contribution in [3.8, 4) is 11.3 Å². The normalized spacial score (nSPS) is 11.5. The Balaban J connectivity index is 1.64. The first-order valence-electron chi connectivity index (χ1n) is 9.02. The van der Waals surface area contributed by atoms with Crippen molar-refractivity contribution in [2.24, 2.45) is 0 Å². The van der Waals surface area contributed by atoms with Crippen LogP contribution < -0.4 is 4.72 Å². The molecule has 2 aromatic heterocycles. The number of fused-ring (bicyclic) bond motifs is 1. The van der Waals surface area contributed by atoms with Crippen LogP contribution in [-0.2, 0) is 10.0 Å². The molecule has 146 valence electrons. The molecule has 29 heavy (non-hydrogen) atoms. The molecule has 1 N–H and O–H groups in total. The fraction of sp³-hybridized carbons (Fsp3) is 0.0909. The first-order chi connectivity index (χ1) is 13.8. The van der Waals surface area contributed by atoms with E-state index in [9.17, 15) is 13.2 Å². The van der Waals surface area contributed by atoms with Gasteiger partial charge < -0.3 is 4.40 Å². The summed E-state index contributed by atoms with van der Waals surface area (Å²) in [5, 5.41) is 0. The van der Waals surface area contributed by atoms with Gasteiger partial charge in [0.25, 0.3) is 10.0 Å². The van der Waals surface area contributed by atoms with Crippen molar-refractivity contribution in [1.29, 1.82) is 0 Å². The van der Waals surface area contributed by atoms with E-state index in [1.807, 2.05) is 41.9 Å². The Morgan fingerprint density at radius 3 is 2.48 bits per heavy atom. The lowest BCUT2D eigenvalue weighted by molar-refractivity contribution is 0.101. The third-order valence-corrected chi connectivity index (χ3v) is 6.06. The number of nitrogens with one attached hydrogen (secondary N) is 1. The van der Waals surface area contributed by atoms with E-state index in [1.54, 1.807) is 18.2 Å². The molecule has 0 aliphatic heterocycles. The molecule has 0 bridgehead atoms. The summed E-state index contributed by atoms with van der Waals surface area (Å²) in [6.45, 7) is 3.43. The van der Waals surface area contributed by atoms with Crippen LogP contribution in [0.4, 0.5) is 5.69 Å². The number of ketones is 1. The number of sulfonamides is 1. The minimum absolute atomic E-state index is 0.0938. The monoisotopic (exact) mass is 405 g/mol. The van der Waals surface area contributed by atoms with Crippen molar-refractivity contribution in [2.45, 2.75) is 18.7 Å². The first kappa shape index (κ1) is 18.9. The summed E-state index contributed by atoms with van der Waals surface area (Å²) in [6, 6.07) is 16.9. The molecule has 0 atom stereocenters. The number of pyridine rings is 1. The highest BCUT2D eigenvalue weighted by atomic mass is 32.2. The molecule has 0 aliphatic carbocycles. The van der Waals surface area contributed by atoms with Gasteiger partial charge in [-0.3, -0.25) is 9.52 Å². The van der Waals surface area contributed by atoms with E-state index in [-0.39, 0.29) is 10.7 Å². The molecule has 2 heterocycles. The van der Waals surface area contributed by atoms with Crippen LogP contribution in [0.25, 0.3) is 16.9 Å². The van der Waals surface area contributed by atoms with Crippen LogP contribution in [-0.4, -0.2) is 23.6 Å². The number of nitrogens with zero attached hydrogens (tertiary/aromatic N) is 2. The summed E-state index contributed by atoms with van der Waals surface area (Å²) in [7, 11) is -3.77. The molecule has 0 fully saturated rings. The number of benzene rings is 2. The number of hydrogen-bond donors (Lipinski definition) is 1. The second-order valence-corrected chi connectivity index (χ2v) is 8.50. The molecule has 0 spiro atoms. The highest BCUT2D eigenvalue weighted by Crippen LogP contribution is 2.25. The molecule has 0 saturated carbocycles. The minimum Gasteiger partial charge on any atom is -0.306 e. The Hall–Kier alpha value is -3.45. The van der Waals surface area contributed by atoms with Crippen molar-refractivity contribution in [3.63, 3.8) is 0 Å². The molecule has 0 amide bonds. The Kier molecular flexibility index (Phi) is 4.68. The van der Waals surface area contributed by atoms with Gasteiger partial charge in [-0.15, -0.1) is 0 Å². The summed E-state index contributed by atoms with van der Waals surface area (Å²) in [4.78, 5) is 16.1. The van der Waals surface area contributed by atoms with E-state index >= 15 is 0 Å². The number of aromatic nitrogens is 2. The van der Waals surface area contributed by atoms with Crippen molar-refractivity contribution in [2.75, 3.05) is 4.72 Å². The summed E-state index contributed by atoms with van der Waals surface area (Å²) < 4.78 is 29.9. The first-order valence-corrected chi connectivity index (χ1v) is 10.5. The van der Waals surface area contributed by atoms with Crippen LogP contribution in [0.1, 0.15) is 22.8 Å². The van der Waals surface area contributed by atoms with Crippen LogP contribution in [0.2, 0.25) is 0 Å². The summed E-state index contributed by atoms with van der Waals surface area (Å²) in [6.07, 6.45) is 3.84. The lowest BCUT2D eigenvalue weighted by Gasteiger charge is -2.09. The van der Waals surface area contributed by atoms with Gasteiger partial charge in [-0.1, -0.05) is 30.3 Å². The summed E-state index contributed by atoms with van der Waals surface area (Å²) in [5.74, 6) is -0.114. The maximum Gasteiger partial charge on any atom is 0.261 e. The van der Waals surface area contributed by atoms with Crippen molar-refractivity contribution >= 4 is 27.1 Å². The Labute approximate surface area is 168 Å².